The Balaban J connectivity index is 1.56. The number of nitrogens with zero attached hydrogens (tertiary/aromatic N) is 2. The lowest BCUT2D eigenvalue weighted by Crippen LogP contribution is -2.50. The van der Waals surface area contributed by atoms with Crippen molar-refractivity contribution in [3.63, 3.8) is 0 Å². The van der Waals surface area contributed by atoms with Crippen molar-refractivity contribution in [1.29, 1.82) is 0 Å². The van der Waals surface area contributed by atoms with E-state index in [1.807, 2.05) is 60.7 Å². The molecule has 0 aromatic heterocycles. The molecule has 0 N–H and O–H groups in total. The van der Waals surface area contributed by atoms with Gasteiger partial charge in [-0.2, -0.15) is 4.31 Å². The number of rotatable bonds is 9. The first-order valence-electron chi connectivity index (χ1n) is 12.0. The molecule has 6 nitrogen and oxygen atoms in total. The van der Waals surface area contributed by atoms with Gasteiger partial charge in [0, 0.05) is 43.0 Å². The number of carbonyl (C=O) groups is 1. The van der Waals surface area contributed by atoms with Crippen LogP contribution < -0.4 is 4.74 Å². The van der Waals surface area contributed by atoms with Gasteiger partial charge in [0.2, 0.25) is 15.9 Å². The standard InChI is InChI=1S/C28H31BrN2O4S/c1-30(20-23-9-4-2-5-10-23)27(32)19-28(22-35-25-11-6-3-7-12-25)17-8-18-31(21-28)36(33,34)26-15-13-24(29)14-16-26/h2-7,9-16H,8,17-22H2,1H3/t28-/m1/s1. The Morgan fingerprint density at radius 1 is 1.00 bits per heavy atom. The van der Waals surface area contributed by atoms with Crippen LogP contribution in [0.2, 0.25) is 0 Å². The number of benzene rings is 3. The number of hydrogen-bond donors (Lipinski definition) is 0. The Hall–Kier alpha value is -2.68. The Bertz CT molecular complexity index is 1250. The number of halogens is 1. The second-order valence-corrected chi connectivity index (χ2v) is 12.3. The summed E-state index contributed by atoms with van der Waals surface area (Å²) in [5.41, 5.74) is 0.407. The minimum atomic E-state index is -3.71. The topological polar surface area (TPSA) is 66.9 Å². The zero-order valence-corrected chi connectivity index (χ0v) is 22.7. The Morgan fingerprint density at radius 3 is 2.31 bits per heavy atom. The van der Waals surface area contributed by atoms with Gasteiger partial charge in [0.1, 0.15) is 5.75 Å². The first-order valence-corrected chi connectivity index (χ1v) is 14.2. The zero-order valence-electron chi connectivity index (χ0n) is 20.3. The molecule has 1 heterocycles. The van der Waals surface area contributed by atoms with E-state index in [1.54, 1.807) is 36.2 Å². The molecule has 0 unspecified atom stereocenters. The van der Waals surface area contributed by atoms with E-state index in [0.717, 1.165) is 10.0 Å². The van der Waals surface area contributed by atoms with Crippen molar-refractivity contribution in [1.82, 2.24) is 9.21 Å². The normalized spacial score (nSPS) is 18.5. The largest absolute Gasteiger partial charge is 0.493 e. The van der Waals surface area contributed by atoms with Gasteiger partial charge in [0.15, 0.2) is 0 Å². The average molecular weight is 572 g/mol. The maximum Gasteiger partial charge on any atom is 0.243 e. The second kappa shape index (κ2) is 11.6. The molecule has 4 rings (SSSR count). The van der Waals surface area contributed by atoms with E-state index in [4.69, 9.17) is 4.74 Å². The van der Waals surface area contributed by atoms with Crippen LogP contribution in [0.15, 0.2) is 94.3 Å². The summed E-state index contributed by atoms with van der Waals surface area (Å²) in [5.74, 6) is 0.674. The van der Waals surface area contributed by atoms with Crippen molar-refractivity contribution in [2.75, 3.05) is 26.7 Å². The van der Waals surface area contributed by atoms with E-state index in [2.05, 4.69) is 15.9 Å². The SMILES string of the molecule is CN(Cc1ccccc1)C(=O)C[C@]1(COc2ccccc2)CCCN(S(=O)(=O)c2ccc(Br)cc2)C1. The highest BCUT2D eigenvalue weighted by atomic mass is 79.9. The molecule has 0 bridgehead atoms. The van der Waals surface area contributed by atoms with E-state index in [1.165, 1.54) is 4.31 Å². The molecule has 190 valence electrons. The van der Waals surface area contributed by atoms with Gasteiger partial charge in [0.25, 0.3) is 0 Å². The minimum Gasteiger partial charge on any atom is -0.493 e. The van der Waals surface area contributed by atoms with Crippen LogP contribution in [-0.4, -0.2) is 50.3 Å². The molecule has 3 aromatic rings. The number of carbonyl (C=O) groups excluding carboxylic acids is 1. The highest BCUT2D eigenvalue weighted by molar-refractivity contribution is 9.10. The van der Waals surface area contributed by atoms with Crippen molar-refractivity contribution >= 4 is 31.9 Å². The van der Waals surface area contributed by atoms with Gasteiger partial charge in [0.05, 0.1) is 11.5 Å². The number of para-hydroxylation sites is 1. The van der Waals surface area contributed by atoms with Crippen LogP contribution in [0.5, 0.6) is 5.75 Å². The summed E-state index contributed by atoms with van der Waals surface area (Å²) >= 11 is 3.37. The van der Waals surface area contributed by atoms with Crippen molar-refractivity contribution in [3.8, 4) is 5.75 Å². The highest BCUT2D eigenvalue weighted by Crippen LogP contribution is 2.37. The number of piperidine rings is 1. The monoisotopic (exact) mass is 570 g/mol. The number of amides is 1. The van der Waals surface area contributed by atoms with Crippen LogP contribution in [-0.2, 0) is 21.4 Å². The summed E-state index contributed by atoms with van der Waals surface area (Å²) in [7, 11) is -1.91. The minimum absolute atomic E-state index is 0.0293. The van der Waals surface area contributed by atoms with Crippen molar-refractivity contribution in [2.45, 2.75) is 30.7 Å². The lowest BCUT2D eigenvalue weighted by atomic mass is 9.78. The van der Waals surface area contributed by atoms with Crippen molar-refractivity contribution in [3.05, 3.63) is 95.0 Å². The van der Waals surface area contributed by atoms with Crippen LogP contribution >= 0.6 is 15.9 Å². The molecular formula is C28H31BrN2O4S. The summed E-state index contributed by atoms with van der Waals surface area (Å²) in [6.45, 7) is 1.40. The van der Waals surface area contributed by atoms with Gasteiger partial charge in [-0.05, 0) is 54.8 Å². The maximum absolute atomic E-state index is 13.5. The molecule has 0 spiro atoms. The van der Waals surface area contributed by atoms with E-state index in [9.17, 15) is 13.2 Å². The number of hydrogen-bond acceptors (Lipinski definition) is 4. The Morgan fingerprint density at radius 2 is 1.64 bits per heavy atom. The predicted molar refractivity (Wildman–Crippen MR) is 144 cm³/mol. The lowest BCUT2D eigenvalue weighted by molar-refractivity contribution is -0.134. The predicted octanol–water partition coefficient (Wildman–Crippen LogP) is 5.35. The summed E-state index contributed by atoms with van der Waals surface area (Å²) in [6.07, 6.45) is 1.57. The number of ether oxygens (including phenoxy) is 1. The summed E-state index contributed by atoms with van der Waals surface area (Å²) in [4.78, 5) is 15.4. The molecule has 0 saturated carbocycles. The fourth-order valence-corrected chi connectivity index (χ4v) is 6.45. The fourth-order valence-electron chi connectivity index (χ4n) is 4.59. The molecule has 1 fully saturated rings. The average Bonchev–Trinajstić information content (AvgIpc) is 2.89. The third kappa shape index (κ3) is 6.55. The van der Waals surface area contributed by atoms with E-state index in [-0.39, 0.29) is 30.4 Å². The molecule has 0 radical (unpaired) electrons. The van der Waals surface area contributed by atoms with Crippen LogP contribution in [0.3, 0.4) is 0 Å². The zero-order chi connectivity index (χ0) is 25.6. The molecule has 1 atom stereocenters. The first kappa shape index (κ1) is 26.4. The van der Waals surface area contributed by atoms with Crippen molar-refractivity contribution < 1.29 is 17.9 Å². The molecule has 0 aliphatic carbocycles. The first-order chi connectivity index (χ1) is 17.3. The van der Waals surface area contributed by atoms with E-state index < -0.39 is 15.4 Å². The molecule has 1 amide bonds. The molecule has 36 heavy (non-hydrogen) atoms. The molecule has 1 aliphatic rings. The van der Waals surface area contributed by atoms with Crippen LogP contribution in [0.4, 0.5) is 0 Å². The molecule has 1 saturated heterocycles. The smallest absolute Gasteiger partial charge is 0.243 e. The van der Waals surface area contributed by atoms with Crippen molar-refractivity contribution in [2.24, 2.45) is 5.41 Å². The van der Waals surface area contributed by atoms with Gasteiger partial charge in [-0.15, -0.1) is 0 Å². The maximum atomic E-state index is 13.5. The van der Waals surface area contributed by atoms with Crippen LogP contribution in [0.1, 0.15) is 24.8 Å². The van der Waals surface area contributed by atoms with Gasteiger partial charge >= 0.3 is 0 Å². The molecule has 8 heteroatoms. The second-order valence-electron chi connectivity index (χ2n) is 9.41. The van der Waals surface area contributed by atoms with Gasteiger partial charge in [-0.3, -0.25) is 4.79 Å². The summed E-state index contributed by atoms with van der Waals surface area (Å²) in [5, 5.41) is 0. The molecule has 1 aliphatic heterocycles. The highest BCUT2D eigenvalue weighted by Gasteiger charge is 2.43. The Labute approximate surface area is 222 Å². The van der Waals surface area contributed by atoms with Crippen LogP contribution in [0, 0.1) is 5.41 Å². The summed E-state index contributed by atoms with van der Waals surface area (Å²) in [6, 6.07) is 25.9. The van der Waals surface area contributed by atoms with E-state index in [0.29, 0.717) is 31.7 Å². The van der Waals surface area contributed by atoms with Gasteiger partial charge in [-0.25, -0.2) is 8.42 Å². The number of sulfonamides is 1. The van der Waals surface area contributed by atoms with Crippen LogP contribution in [0.25, 0.3) is 0 Å². The van der Waals surface area contributed by atoms with E-state index >= 15 is 0 Å². The third-order valence-corrected chi connectivity index (χ3v) is 8.97. The van der Waals surface area contributed by atoms with Gasteiger partial charge in [-0.1, -0.05) is 64.5 Å². The Kier molecular flexibility index (Phi) is 8.49. The third-order valence-electron chi connectivity index (χ3n) is 6.58. The lowest BCUT2D eigenvalue weighted by Gasteiger charge is -2.42. The molecular weight excluding hydrogens is 540 g/mol. The fraction of sp³-hybridized carbons (Fsp3) is 0.321. The molecule has 3 aromatic carbocycles. The summed E-state index contributed by atoms with van der Waals surface area (Å²) < 4.78 is 35.5. The quantitative estimate of drug-likeness (QED) is 0.348. The van der Waals surface area contributed by atoms with Gasteiger partial charge < -0.3 is 9.64 Å².